The van der Waals surface area contributed by atoms with E-state index < -0.39 is 5.41 Å². The monoisotopic (exact) mass is 436 g/mol. The summed E-state index contributed by atoms with van der Waals surface area (Å²) in [6.45, 7) is 1.98. The third-order valence-electron chi connectivity index (χ3n) is 5.59. The van der Waals surface area contributed by atoms with Gasteiger partial charge in [0.15, 0.2) is 0 Å². The number of amides is 2. The molecule has 2 aromatic rings. The van der Waals surface area contributed by atoms with Gasteiger partial charge < -0.3 is 9.80 Å². The highest BCUT2D eigenvalue weighted by Crippen LogP contribution is 2.49. The molecule has 4 nitrogen and oxygen atoms in total. The topological polar surface area (TPSA) is 40.6 Å². The minimum absolute atomic E-state index is 0.141. The third-order valence-corrected chi connectivity index (χ3v) is 6.66. The Bertz CT molecular complexity index is 918. The fourth-order valence-electron chi connectivity index (χ4n) is 3.77. The van der Waals surface area contributed by atoms with E-state index in [0.29, 0.717) is 41.8 Å². The molecule has 1 saturated carbocycles. The van der Waals surface area contributed by atoms with Crippen molar-refractivity contribution in [1.82, 2.24) is 9.80 Å². The lowest BCUT2D eigenvalue weighted by Crippen LogP contribution is -2.53. The van der Waals surface area contributed by atoms with E-state index in [9.17, 15) is 9.59 Å². The number of halogens is 3. The molecular formula is C21H19Cl3N2O2. The summed E-state index contributed by atoms with van der Waals surface area (Å²) in [7, 11) is 0. The first-order valence-electron chi connectivity index (χ1n) is 9.21. The van der Waals surface area contributed by atoms with Crippen LogP contribution in [0, 0.1) is 0 Å². The first kappa shape index (κ1) is 19.6. The Morgan fingerprint density at radius 1 is 0.821 bits per heavy atom. The van der Waals surface area contributed by atoms with Gasteiger partial charge in [0, 0.05) is 31.2 Å². The van der Waals surface area contributed by atoms with E-state index >= 15 is 0 Å². The summed E-state index contributed by atoms with van der Waals surface area (Å²) < 4.78 is 0. The van der Waals surface area contributed by atoms with Crippen LogP contribution in [0.1, 0.15) is 28.8 Å². The van der Waals surface area contributed by atoms with E-state index in [0.717, 1.165) is 18.4 Å². The average molecular weight is 438 g/mol. The normalized spacial score (nSPS) is 18.1. The van der Waals surface area contributed by atoms with Crippen LogP contribution in [0.25, 0.3) is 0 Å². The number of carbonyl (C=O) groups excluding carboxylic acids is 2. The van der Waals surface area contributed by atoms with Gasteiger partial charge in [0.1, 0.15) is 0 Å². The van der Waals surface area contributed by atoms with Crippen molar-refractivity contribution in [2.24, 2.45) is 0 Å². The average Bonchev–Trinajstić information content (AvgIpc) is 3.52. The molecule has 0 N–H and O–H groups in total. The second-order valence-electron chi connectivity index (χ2n) is 7.27. The summed E-state index contributed by atoms with van der Waals surface area (Å²) >= 11 is 18.2. The summed E-state index contributed by atoms with van der Waals surface area (Å²) in [5, 5.41) is 1.30. The van der Waals surface area contributed by atoms with Crippen molar-refractivity contribution >= 4 is 46.6 Å². The molecule has 7 heteroatoms. The van der Waals surface area contributed by atoms with Crippen LogP contribution in [-0.2, 0) is 10.2 Å². The fourth-order valence-corrected chi connectivity index (χ4v) is 4.28. The van der Waals surface area contributed by atoms with Crippen LogP contribution in [0.2, 0.25) is 15.1 Å². The zero-order valence-electron chi connectivity index (χ0n) is 15.1. The van der Waals surface area contributed by atoms with Gasteiger partial charge in [-0.3, -0.25) is 9.59 Å². The largest absolute Gasteiger partial charge is 0.338 e. The maximum Gasteiger partial charge on any atom is 0.255 e. The van der Waals surface area contributed by atoms with Crippen molar-refractivity contribution in [2.75, 3.05) is 26.2 Å². The standard InChI is InChI=1S/C21H19Cl3N2O2/c22-15-6-4-14(5-7-15)21(8-9-21)20(28)26-12-10-25(11-13-26)19(27)16-2-1-3-17(23)18(16)24/h1-7H,8-13H2. The first-order chi connectivity index (χ1) is 13.4. The van der Waals surface area contributed by atoms with E-state index in [4.69, 9.17) is 34.8 Å². The summed E-state index contributed by atoms with van der Waals surface area (Å²) in [4.78, 5) is 29.5. The molecular weight excluding hydrogens is 419 g/mol. The Morgan fingerprint density at radius 2 is 1.43 bits per heavy atom. The second kappa shape index (κ2) is 7.58. The Balaban J connectivity index is 1.43. The van der Waals surface area contributed by atoms with Gasteiger partial charge in [0.2, 0.25) is 5.91 Å². The van der Waals surface area contributed by atoms with Gasteiger partial charge in [-0.05, 0) is 42.7 Å². The van der Waals surface area contributed by atoms with Gasteiger partial charge in [-0.25, -0.2) is 0 Å². The molecule has 28 heavy (non-hydrogen) atoms. The molecule has 2 aromatic carbocycles. The van der Waals surface area contributed by atoms with Gasteiger partial charge >= 0.3 is 0 Å². The maximum atomic E-state index is 13.2. The lowest BCUT2D eigenvalue weighted by atomic mass is 9.94. The molecule has 1 heterocycles. The Hall–Kier alpha value is -1.75. The molecule has 0 aromatic heterocycles. The van der Waals surface area contributed by atoms with Crippen molar-refractivity contribution in [3.8, 4) is 0 Å². The molecule has 0 bridgehead atoms. The van der Waals surface area contributed by atoms with E-state index in [1.54, 1.807) is 23.1 Å². The van der Waals surface area contributed by atoms with Crippen LogP contribution in [0.3, 0.4) is 0 Å². The molecule has 2 amide bonds. The molecule has 2 fully saturated rings. The Kier molecular flexibility index (Phi) is 5.30. The zero-order valence-corrected chi connectivity index (χ0v) is 17.4. The minimum Gasteiger partial charge on any atom is -0.338 e. The van der Waals surface area contributed by atoms with Crippen molar-refractivity contribution < 1.29 is 9.59 Å². The number of benzene rings is 2. The number of nitrogens with zero attached hydrogens (tertiary/aromatic N) is 2. The second-order valence-corrected chi connectivity index (χ2v) is 8.50. The number of hydrogen-bond donors (Lipinski definition) is 0. The number of piperazine rings is 1. The highest BCUT2D eigenvalue weighted by atomic mass is 35.5. The predicted molar refractivity (Wildman–Crippen MR) is 111 cm³/mol. The van der Waals surface area contributed by atoms with E-state index in [1.807, 2.05) is 29.2 Å². The lowest BCUT2D eigenvalue weighted by molar-refractivity contribution is -0.135. The maximum absolute atomic E-state index is 13.2. The van der Waals surface area contributed by atoms with Crippen LogP contribution in [0.4, 0.5) is 0 Å². The summed E-state index contributed by atoms with van der Waals surface area (Å²) in [5.74, 6) is -0.0128. The summed E-state index contributed by atoms with van der Waals surface area (Å²) in [6, 6.07) is 12.6. The quantitative estimate of drug-likeness (QED) is 0.700. The third kappa shape index (κ3) is 3.49. The van der Waals surface area contributed by atoms with E-state index in [2.05, 4.69) is 0 Å². The predicted octanol–water partition coefficient (Wildman–Crippen LogP) is 4.66. The number of hydrogen-bond acceptors (Lipinski definition) is 2. The van der Waals surface area contributed by atoms with Gasteiger partial charge in [-0.2, -0.15) is 0 Å². The van der Waals surface area contributed by atoms with Crippen molar-refractivity contribution in [3.63, 3.8) is 0 Å². The summed E-state index contributed by atoms with van der Waals surface area (Å²) in [5.41, 5.74) is 0.993. The molecule has 2 aliphatic rings. The van der Waals surface area contributed by atoms with E-state index in [-0.39, 0.29) is 16.8 Å². The lowest BCUT2D eigenvalue weighted by Gasteiger charge is -2.37. The van der Waals surface area contributed by atoms with Crippen molar-refractivity contribution in [2.45, 2.75) is 18.3 Å². The highest BCUT2D eigenvalue weighted by molar-refractivity contribution is 6.43. The SMILES string of the molecule is O=C(c1cccc(Cl)c1Cl)N1CCN(C(=O)C2(c3ccc(Cl)cc3)CC2)CC1. The van der Waals surface area contributed by atoms with Crippen molar-refractivity contribution in [3.05, 3.63) is 68.7 Å². The highest BCUT2D eigenvalue weighted by Gasteiger charge is 2.53. The first-order valence-corrected chi connectivity index (χ1v) is 10.3. The van der Waals surface area contributed by atoms with Crippen LogP contribution in [-0.4, -0.2) is 47.8 Å². The van der Waals surface area contributed by atoms with Gasteiger partial charge in [0.25, 0.3) is 5.91 Å². The zero-order chi connectivity index (χ0) is 19.9. The minimum atomic E-state index is -0.424. The smallest absolute Gasteiger partial charge is 0.255 e. The molecule has 1 aliphatic carbocycles. The molecule has 1 saturated heterocycles. The molecule has 4 rings (SSSR count). The number of carbonyl (C=O) groups is 2. The molecule has 1 aliphatic heterocycles. The fraction of sp³-hybridized carbons (Fsp3) is 0.333. The Morgan fingerprint density at radius 3 is 2.04 bits per heavy atom. The number of rotatable bonds is 3. The van der Waals surface area contributed by atoms with Crippen molar-refractivity contribution in [1.29, 1.82) is 0 Å². The van der Waals surface area contributed by atoms with Crippen LogP contribution in [0.5, 0.6) is 0 Å². The van der Waals surface area contributed by atoms with Gasteiger partial charge in [-0.15, -0.1) is 0 Å². The molecule has 0 atom stereocenters. The summed E-state index contributed by atoms with van der Waals surface area (Å²) in [6.07, 6.45) is 1.70. The van der Waals surface area contributed by atoms with Gasteiger partial charge in [-0.1, -0.05) is 53.0 Å². The Labute approximate surface area is 179 Å². The van der Waals surface area contributed by atoms with E-state index in [1.165, 1.54) is 0 Å². The van der Waals surface area contributed by atoms with Crippen LogP contribution < -0.4 is 0 Å². The molecule has 146 valence electrons. The van der Waals surface area contributed by atoms with Gasteiger partial charge in [0.05, 0.1) is 21.0 Å². The van der Waals surface area contributed by atoms with Crippen LogP contribution >= 0.6 is 34.8 Å². The molecule has 0 radical (unpaired) electrons. The molecule has 0 spiro atoms. The molecule has 0 unspecified atom stereocenters. The van der Waals surface area contributed by atoms with Crippen LogP contribution in [0.15, 0.2) is 42.5 Å².